The lowest BCUT2D eigenvalue weighted by Crippen LogP contribution is -2.42. The zero-order valence-electron chi connectivity index (χ0n) is 7.84. The standard InChI is InChI=1S/C13H12O/c14-9-5-7-12-10-3-1-2-4-11(12)13(10)8-6-9/h1-8,10-13H/b7-5-,8-6-. The summed E-state index contributed by atoms with van der Waals surface area (Å²) in [5, 5.41) is 0. The first-order valence-electron chi connectivity index (χ1n) is 5.11. The molecule has 0 aliphatic heterocycles. The van der Waals surface area contributed by atoms with Crippen molar-refractivity contribution in [2.24, 2.45) is 23.7 Å². The average Bonchev–Trinajstić information content (AvgIpc) is 2.44. The quantitative estimate of drug-likeness (QED) is 0.564. The summed E-state index contributed by atoms with van der Waals surface area (Å²) in [4.78, 5) is 11.2. The van der Waals surface area contributed by atoms with Crippen LogP contribution in [0.2, 0.25) is 0 Å². The minimum atomic E-state index is 0.129. The van der Waals surface area contributed by atoms with Gasteiger partial charge in [0.15, 0.2) is 5.78 Å². The van der Waals surface area contributed by atoms with Gasteiger partial charge in [0.25, 0.3) is 0 Å². The number of allylic oxidation sites excluding steroid dienone is 8. The number of rotatable bonds is 0. The number of ketones is 1. The second-order valence-electron chi connectivity index (χ2n) is 4.20. The third-order valence-corrected chi connectivity index (χ3v) is 3.52. The molecule has 0 aromatic rings. The van der Waals surface area contributed by atoms with E-state index in [1.54, 1.807) is 12.2 Å². The van der Waals surface area contributed by atoms with E-state index in [4.69, 9.17) is 0 Å². The molecule has 0 saturated heterocycles. The van der Waals surface area contributed by atoms with Gasteiger partial charge in [-0.3, -0.25) is 4.79 Å². The number of carbonyl (C=O) groups is 1. The van der Waals surface area contributed by atoms with Crippen LogP contribution in [0.3, 0.4) is 0 Å². The van der Waals surface area contributed by atoms with Crippen LogP contribution < -0.4 is 0 Å². The molecule has 0 heterocycles. The Kier molecular flexibility index (Phi) is 1.60. The van der Waals surface area contributed by atoms with Gasteiger partial charge in [0.1, 0.15) is 0 Å². The smallest absolute Gasteiger partial charge is 0.178 e. The molecule has 1 saturated carbocycles. The van der Waals surface area contributed by atoms with Crippen molar-refractivity contribution in [2.75, 3.05) is 0 Å². The van der Waals surface area contributed by atoms with Crippen molar-refractivity contribution in [1.29, 1.82) is 0 Å². The Labute approximate surface area is 83.5 Å². The van der Waals surface area contributed by atoms with E-state index in [9.17, 15) is 4.79 Å². The van der Waals surface area contributed by atoms with E-state index >= 15 is 0 Å². The van der Waals surface area contributed by atoms with Gasteiger partial charge in [-0.2, -0.15) is 0 Å². The molecular weight excluding hydrogens is 172 g/mol. The van der Waals surface area contributed by atoms with Crippen molar-refractivity contribution in [3.63, 3.8) is 0 Å². The highest BCUT2D eigenvalue weighted by Gasteiger charge is 2.45. The van der Waals surface area contributed by atoms with E-state index in [1.807, 2.05) is 0 Å². The fourth-order valence-corrected chi connectivity index (χ4v) is 2.76. The lowest BCUT2D eigenvalue weighted by atomic mass is 9.56. The third-order valence-electron chi connectivity index (χ3n) is 3.52. The first kappa shape index (κ1) is 7.98. The van der Waals surface area contributed by atoms with Crippen molar-refractivity contribution >= 4 is 5.78 Å². The average molecular weight is 184 g/mol. The van der Waals surface area contributed by atoms with Crippen molar-refractivity contribution in [1.82, 2.24) is 0 Å². The van der Waals surface area contributed by atoms with Crippen molar-refractivity contribution in [2.45, 2.75) is 0 Å². The summed E-state index contributed by atoms with van der Waals surface area (Å²) in [6, 6.07) is 0. The van der Waals surface area contributed by atoms with E-state index in [1.165, 1.54) is 0 Å². The van der Waals surface area contributed by atoms with Gasteiger partial charge in [0.05, 0.1) is 0 Å². The minimum absolute atomic E-state index is 0.129. The molecule has 0 atom stereocenters. The Hall–Kier alpha value is -1.37. The van der Waals surface area contributed by atoms with Crippen LogP contribution in [0.15, 0.2) is 48.6 Å². The number of hydrogen-bond donors (Lipinski definition) is 0. The molecule has 0 amide bonds. The molecule has 4 rings (SSSR count). The predicted octanol–water partition coefficient (Wildman–Crippen LogP) is 2.29. The molecule has 0 unspecified atom stereocenters. The topological polar surface area (TPSA) is 17.1 Å². The van der Waals surface area contributed by atoms with Gasteiger partial charge in [-0.25, -0.2) is 0 Å². The molecule has 0 radical (unpaired) electrons. The van der Waals surface area contributed by atoms with Crippen molar-refractivity contribution in [3.05, 3.63) is 48.6 Å². The normalized spacial score (nSPS) is 47.3. The lowest BCUT2D eigenvalue weighted by molar-refractivity contribution is -0.110. The Bertz CT molecular complexity index is 340. The summed E-state index contributed by atoms with van der Waals surface area (Å²) in [7, 11) is 0. The first-order chi connectivity index (χ1) is 6.86. The van der Waals surface area contributed by atoms with Gasteiger partial charge in [-0.05, 0) is 35.8 Å². The third kappa shape index (κ3) is 0.985. The molecule has 0 aromatic heterocycles. The molecule has 14 heavy (non-hydrogen) atoms. The Morgan fingerprint density at radius 3 is 1.64 bits per heavy atom. The van der Waals surface area contributed by atoms with Gasteiger partial charge in [0.2, 0.25) is 0 Å². The van der Waals surface area contributed by atoms with Crippen LogP contribution in [-0.4, -0.2) is 5.78 Å². The van der Waals surface area contributed by atoms with Gasteiger partial charge < -0.3 is 0 Å². The van der Waals surface area contributed by atoms with Crippen LogP contribution in [0.1, 0.15) is 0 Å². The molecular formula is C13H12O. The highest BCUT2D eigenvalue weighted by atomic mass is 16.1. The monoisotopic (exact) mass is 184 g/mol. The van der Waals surface area contributed by atoms with Crippen LogP contribution >= 0.6 is 0 Å². The summed E-state index contributed by atoms with van der Waals surface area (Å²) in [6.07, 6.45) is 16.4. The summed E-state index contributed by atoms with van der Waals surface area (Å²) in [6.45, 7) is 0. The Morgan fingerprint density at radius 2 is 1.14 bits per heavy atom. The second-order valence-corrected chi connectivity index (χ2v) is 4.20. The van der Waals surface area contributed by atoms with E-state index in [0.717, 1.165) is 0 Å². The maximum atomic E-state index is 11.2. The molecule has 1 fully saturated rings. The fraction of sp³-hybridized carbons (Fsp3) is 0.308. The molecule has 4 bridgehead atoms. The molecule has 0 aromatic carbocycles. The number of fused-ring (bicyclic) bond motifs is 2. The molecule has 0 spiro atoms. The Morgan fingerprint density at radius 1 is 0.714 bits per heavy atom. The SMILES string of the molecule is O=C1/C=C\C2C3C=CC=CC2C3/C=C\1. The highest BCUT2D eigenvalue weighted by Crippen LogP contribution is 2.51. The van der Waals surface area contributed by atoms with Crippen molar-refractivity contribution < 1.29 is 4.79 Å². The van der Waals surface area contributed by atoms with E-state index in [0.29, 0.717) is 23.7 Å². The highest BCUT2D eigenvalue weighted by molar-refractivity contribution is 5.99. The zero-order chi connectivity index (χ0) is 9.54. The van der Waals surface area contributed by atoms with Gasteiger partial charge >= 0.3 is 0 Å². The zero-order valence-corrected chi connectivity index (χ0v) is 7.84. The van der Waals surface area contributed by atoms with E-state index in [-0.39, 0.29) is 5.78 Å². The van der Waals surface area contributed by atoms with Crippen LogP contribution in [-0.2, 0) is 4.79 Å². The number of hydrogen-bond acceptors (Lipinski definition) is 1. The molecule has 4 aliphatic rings. The predicted molar refractivity (Wildman–Crippen MR) is 55.5 cm³/mol. The summed E-state index contributed by atoms with van der Waals surface area (Å²) in [5.41, 5.74) is 0. The van der Waals surface area contributed by atoms with Gasteiger partial charge in [-0.15, -0.1) is 0 Å². The van der Waals surface area contributed by atoms with Crippen LogP contribution in [0, 0.1) is 23.7 Å². The van der Waals surface area contributed by atoms with E-state index in [2.05, 4.69) is 36.5 Å². The lowest BCUT2D eigenvalue weighted by Gasteiger charge is -2.47. The molecule has 1 nitrogen and oxygen atoms in total. The summed E-state index contributed by atoms with van der Waals surface area (Å²) in [5.74, 6) is 2.43. The maximum Gasteiger partial charge on any atom is 0.178 e. The van der Waals surface area contributed by atoms with Crippen LogP contribution in [0.4, 0.5) is 0 Å². The van der Waals surface area contributed by atoms with Gasteiger partial charge in [-0.1, -0.05) is 36.5 Å². The molecule has 0 N–H and O–H groups in total. The molecule has 1 heteroatoms. The van der Waals surface area contributed by atoms with Crippen LogP contribution in [0.5, 0.6) is 0 Å². The molecule has 4 aliphatic carbocycles. The second kappa shape index (κ2) is 2.81. The summed E-state index contributed by atoms with van der Waals surface area (Å²) >= 11 is 0. The van der Waals surface area contributed by atoms with E-state index < -0.39 is 0 Å². The van der Waals surface area contributed by atoms with Crippen LogP contribution in [0.25, 0.3) is 0 Å². The fourth-order valence-electron chi connectivity index (χ4n) is 2.76. The minimum Gasteiger partial charge on any atom is -0.290 e. The summed E-state index contributed by atoms with van der Waals surface area (Å²) < 4.78 is 0. The largest absolute Gasteiger partial charge is 0.290 e. The maximum absolute atomic E-state index is 11.2. The number of carbonyl (C=O) groups excluding carboxylic acids is 1. The van der Waals surface area contributed by atoms with Crippen molar-refractivity contribution in [3.8, 4) is 0 Å². The Balaban J connectivity index is 2.02. The molecule has 70 valence electrons. The first-order valence-corrected chi connectivity index (χ1v) is 5.11. The van der Waals surface area contributed by atoms with Gasteiger partial charge in [0, 0.05) is 0 Å².